The lowest BCUT2D eigenvalue weighted by Crippen LogP contribution is -2.32. The summed E-state index contributed by atoms with van der Waals surface area (Å²) in [5.74, 6) is -1.83. The number of amides is 3. The Labute approximate surface area is 224 Å². The molecule has 0 saturated heterocycles. The number of anilines is 3. The Morgan fingerprint density at radius 1 is 0.895 bits per heavy atom. The Hall–Kier alpha value is -4.63. The van der Waals surface area contributed by atoms with Crippen molar-refractivity contribution in [2.75, 3.05) is 22.6 Å². The van der Waals surface area contributed by atoms with E-state index in [0.29, 0.717) is 22.7 Å². The molecule has 0 radical (unpaired) electrons. The van der Waals surface area contributed by atoms with Crippen LogP contribution in [0.2, 0.25) is 0 Å². The van der Waals surface area contributed by atoms with Crippen molar-refractivity contribution in [1.29, 1.82) is 0 Å². The number of halogens is 1. The second kappa shape index (κ2) is 11.2. The third-order valence-corrected chi connectivity index (χ3v) is 5.82. The van der Waals surface area contributed by atoms with E-state index < -0.39 is 17.8 Å². The number of imide groups is 1. The zero-order valence-corrected chi connectivity index (χ0v) is 21.5. The molecular weight excluding hydrogens is 510 g/mol. The lowest BCUT2D eigenvalue weighted by Gasteiger charge is -2.16. The molecule has 0 saturated carbocycles. The first-order valence-corrected chi connectivity index (χ1v) is 12.0. The maximum absolute atomic E-state index is 13.1. The molecule has 0 atom stereocenters. The van der Waals surface area contributed by atoms with E-state index in [1.807, 2.05) is 19.9 Å². The van der Waals surface area contributed by atoms with Gasteiger partial charge in [-0.1, -0.05) is 29.8 Å². The average Bonchev–Trinajstić information content (AvgIpc) is 3.12. The topological polar surface area (TPSA) is 114 Å². The van der Waals surface area contributed by atoms with Crippen molar-refractivity contribution < 1.29 is 28.7 Å². The molecule has 0 unspecified atom stereocenters. The number of esters is 1. The molecule has 38 heavy (non-hydrogen) atoms. The van der Waals surface area contributed by atoms with Crippen LogP contribution in [0.15, 0.2) is 83.5 Å². The van der Waals surface area contributed by atoms with E-state index in [2.05, 4.69) is 10.6 Å². The maximum Gasteiger partial charge on any atom is 0.337 e. The van der Waals surface area contributed by atoms with Crippen LogP contribution in [0.25, 0.3) is 0 Å². The smallest absolute Gasteiger partial charge is 0.337 e. The fraction of sp³-hybridized carbons (Fsp3) is 0.143. The van der Waals surface area contributed by atoms with E-state index in [1.54, 1.807) is 42.5 Å². The Morgan fingerprint density at radius 2 is 1.61 bits per heavy atom. The molecule has 9 nitrogen and oxygen atoms in total. The molecule has 1 heterocycles. The molecular formula is C28H24ClN3O6. The number of hydrogen-bond acceptors (Lipinski definition) is 7. The highest BCUT2D eigenvalue weighted by molar-refractivity contribution is 6.53. The molecule has 0 bridgehead atoms. The van der Waals surface area contributed by atoms with Gasteiger partial charge in [0.2, 0.25) is 0 Å². The Bertz CT molecular complexity index is 1450. The van der Waals surface area contributed by atoms with Crippen LogP contribution in [0.5, 0.6) is 5.75 Å². The lowest BCUT2D eigenvalue weighted by molar-refractivity contribution is -0.120. The van der Waals surface area contributed by atoms with E-state index >= 15 is 0 Å². The summed E-state index contributed by atoms with van der Waals surface area (Å²) < 4.78 is 10.4. The number of hydrogen-bond donors (Lipinski definition) is 2. The molecule has 3 amide bonds. The van der Waals surface area contributed by atoms with Gasteiger partial charge in [0.1, 0.15) is 16.5 Å². The number of benzene rings is 3. The van der Waals surface area contributed by atoms with Gasteiger partial charge in [-0.2, -0.15) is 0 Å². The number of carbonyl (C=O) groups excluding carboxylic acids is 4. The predicted molar refractivity (Wildman–Crippen MR) is 143 cm³/mol. The van der Waals surface area contributed by atoms with E-state index in [4.69, 9.17) is 21.1 Å². The summed E-state index contributed by atoms with van der Waals surface area (Å²) in [6.45, 7) is 3.79. The lowest BCUT2D eigenvalue weighted by atomic mass is 10.1. The van der Waals surface area contributed by atoms with Crippen molar-refractivity contribution in [2.45, 2.75) is 20.0 Å². The minimum Gasteiger partial charge on any atom is -0.489 e. The average molecular weight is 534 g/mol. The van der Waals surface area contributed by atoms with Crippen molar-refractivity contribution in [3.8, 4) is 5.75 Å². The summed E-state index contributed by atoms with van der Waals surface area (Å²) in [7, 11) is 1.23. The van der Waals surface area contributed by atoms with Gasteiger partial charge >= 0.3 is 5.97 Å². The van der Waals surface area contributed by atoms with Crippen molar-refractivity contribution in [2.24, 2.45) is 0 Å². The minimum atomic E-state index is -0.737. The van der Waals surface area contributed by atoms with Crippen LogP contribution in [0.4, 0.5) is 17.1 Å². The zero-order chi connectivity index (χ0) is 27.4. The van der Waals surface area contributed by atoms with Crippen molar-refractivity contribution in [3.05, 3.63) is 94.7 Å². The Morgan fingerprint density at radius 3 is 2.29 bits per heavy atom. The van der Waals surface area contributed by atoms with Gasteiger partial charge in [-0.15, -0.1) is 0 Å². The summed E-state index contributed by atoms with van der Waals surface area (Å²) in [6.07, 6.45) is -0.0579. The first kappa shape index (κ1) is 26.4. The Balaban J connectivity index is 1.48. The highest BCUT2D eigenvalue weighted by atomic mass is 35.5. The van der Waals surface area contributed by atoms with Crippen LogP contribution in [0, 0.1) is 0 Å². The predicted octanol–water partition coefficient (Wildman–Crippen LogP) is 4.95. The summed E-state index contributed by atoms with van der Waals surface area (Å²) in [5.41, 5.74) is 1.56. The normalized spacial score (nSPS) is 13.1. The van der Waals surface area contributed by atoms with Gasteiger partial charge < -0.3 is 20.1 Å². The summed E-state index contributed by atoms with van der Waals surface area (Å²) in [5, 5.41) is 5.39. The van der Waals surface area contributed by atoms with Crippen LogP contribution in [0.3, 0.4) is 0 Å². The first-order chi connectivity index (χ1) is 18.2. The highest BCUT2D eigenvalue weighted by Crippen LogP contribution is 2.31. The van der Waals surface area contributed by atoms with Crippen molar-refractivity contribution in [1.82, 2.24) is 0 Å². The number of nitrogens with zero attached hydrogens (tertiary/aromatic N) is 1. The SMILES string of the molecule is COC(=O)c1cccc(N2C(=O)C(Cl)=C(Nc3ccc(C(=O)Nc4ccccc4OC(C)C)cc3)C2=O)c1. The fourth-order valence-corrected chi connectivity index (χ4v) is 3.92. The molecule has 1 aliphatic rings. The van der Waals surface area contributed by atoms with Gasteiger partial charge in [-0.25, -0.2) is 9.69 Å². The van der Waals surface area contributed by atoms with E-state index in [1.165, 1.54) is 31.4 Å². The third-order valence-electron chi connectivity index (χ3n) is 5.47. The minimum absolute atomic E-state index is 0.0579. The van der Waals surface area contributed by atoms with E-state index in [-0.39, 0.29) is 34.0 Å². The second-order valence-corrected chi connectivity index (χ2v) is 8.87. The van der Waals surface area contributed by atoms with Crippen LogP contribution in [-0.4, -0.2) is 36.9 Å². The summed E-state index contributed by atoms with van der Waals surface area (Å²) in [6, 6.07) is 19.3. The fourth-order valence-electron chi connectivity index (χ4n) is 3.71. The second-order valence-electron chi connectivity index (χ2n) is 8.50. The molecule has 2 N–H and O–H groups in total. The molecule has 0 spiro atoms. The zero-order valence-electron chi connectivity index (χ0n) is 20.8. The van der Waals surface area contributed by atoms with Crippen LogP contribution >= 0.6 is 11.6 Å². The van der Waals surface area contributed by atoms with Gasteiger partial charge in [-0.05, 0) is 68.4 Å². The number of ether oxygens (including phenoxy) is 2. The molecule has 0 aliphatic carbocycles. The van der Waals surface area contributed by atoms with Crippen LogP contribution in [0.1, 0.15) is 34.6 Å². The van der Waals surface area contributed by atoms with E-state index in [0.717, 1.165) is 4.90 Å². The maximum atomic E-state index is 13.1. The Kier molecular flexibility index (Phi) is 7.78. The summed E-state index contributed by atoms with van der Waals surface area (Å²) >= 11 is 6.21. The van der Waals surface area contributed by atoms with Crippen LogP contribution < -0.4 is 20.3 Å². The van der Waals surface area contributed by atoms with Crippen LogP contribution in [-0.2, 0) is 14.3 Å². The van der Waals surface area contributed by atoms with Gasteiger partial charge in [-0.3, -0.25) is 14.4 Å². The van der Waals surface area contributed by atoms with Gasteiger partial charge in [0.25, 0.3) is 17.7 Å². The highest BCUT2D eigenvalue weighted by Gasteiger charge is 2.39. The standard InChI is InChI=1S/C28H24ClN3O6/c1-16(2)38-22-10-5-4-9-21(22)31-25(33)17-11-13-19(14-12-17)30-24-23(29)26(34)32(27(24)35)20-8-6-7-18(15-20)28(36)37-3/h4-16,30H,1-3H3,(H,31,33). The quantitative estimate of drug-likeness (QED) is 0.311. The van der Waals surface area contributed by atoms with E-state index in [9.17, 15) is 19.2 Å². The number of carbonyl (C=O) groups is 4. The first-order valence-electron chi connectivity index (χ1n) is 11.6. The molecule has 10 heteroatoms. The molecule has 0 fully saturated rings. The van der Waals surface area contributed by atoms with Crippen molar-refractivity contribution in [3.63, 3.8) is 0 Å². The molecule has 3 aromatic rings. The molecule has 4 rings (SSSR count). The molecule has 3 aromatic carbocycles. The van der Waals surface area contributed by atoms with Gasteiger partial charge in [0.05, 0.1) is 30.2 Å². The number of para-hydroxylation sites is 2. The van der Waals surface area contributed by atoms with Crippen molar-refractivity contribution >= 4 is 52.4 Å². The number of nitrogens with one attached hydrogen (secondary N) is 2. The van der Waals surface area contributed by atoms with Gasteiger partial charge in [0.15, 0.2) is 0 Å². The number of rotatable bonds is 8. The largest absolute Gasteiger partial charge is 0.489 e. The molecule has 1 aliphatic heterocycles. The third kappa shape index (κ3) is 5.52. The molecule has 194 valence electrons. The monoisotopic (exact) mass is 533 g/mol. The number of methoxy groups -OCH3 is 1. The van der Waals surface area contributed by atoms with Gasteiger partial charge in [0, 0.05) is 11.3 Å². The summed E-state index contributed by atoms with van der Waals surface area (Å²) in [4.78, 5) is 51.4. The molecule has 0 aromatic heterocycles.